The molecule has 1 N–H and O–H groups in total. The molecule has 0 fully saturated rings. The van der Waals surface area contributed by atoms with Crippen molar-refractivity contribution in [2.75, 3.05) is 4.90 Å². The molecule has 0 saturated carbocycles. The SMILES string of the molecule is CCC(C)(C)NC(=O)[C@@H](c1ccccc1F)N(C(=O)c1csnn1)c1cccc(C)c1. The quantitative estimate of drug-likeness (QED) is 0.579. The van der Waals surface area contributed by atoms with Crippen molar-refractivity contribution in [3.8, 4) is 0 Å². The summed E-state index contributed by atoms with van der Waals surface area (Å²) in [6.45, 7) is 7.59. The molecule has 2 aromatic carbocycles. The van der Waals surface area contributed by atoms with Crippen LogP contribution in [0.1, 0.15) is 54.8 Å². The van der Waals surface area contributed by atoms with E-state index in [0.717, 1.165) is 17.1 Å². The van der Waals surface area contributed by atoms with Crippen LogP contribution in [0.5, 0.6) is 0 Å². The zero-order valence-electron chi connectivity index (χ0n) is 17.9. The standard InChI is InChI=1S/C23H25FN4O2S/c1-5-23(3,4)25-21(29)20(17-11-6-7-12-18(17)24)28(16-10-8-9-15(2)13-16)22(30)19-14-31-27-26-19/h6-14,20H,5H2,1-4H3,(H,25,29)/t20-/m1/s1. The lowest BCUT2D eigenvalue weighted by molar-refractivity contribution is -0.124. The smallest absolute Gasteiger partial charge is 0.280 e. The van der Waals surface area contributed by atoms with Gasteiger partial charge in [0.25, 0.3) is 5.91 Å². The highest BCUT2D eigenvalue weighted by molar-refractivity contribution is 7.03. The van der Waals surface area contributed by atoms with E-state index in [1.165, 1.54) is 22.4 Å². The lowest BCUT2D eigenvalue weighted by Gasteiger charge is -2.34. The summed E-state index contributed by atoms with van der Waals surface area (Å²) in [5, 5.41) is 8.36. The maximum absolute atomic E-state index is 14.9. The third-order valence-electron chi connectivity index (χ3n) is 5.13. The summed E-state index contributed by atoms with van der Waals surface area (Å²) in [6.07, 6.45) is 0.664. The molecule has 1 aromatic heterocycles. The molecule has 1 atom stereocenters. The third-order valence-corrected chi connectivity index (χ3v) is 5.63. The molecule has 8 heteroatoms. The van der Waals surface area contributed by atoms with Crippen molar-refractivity contribution in [3.05, 3.63) is 76.5 Å². The molecule has 0 aliphatic rings. The Balaban J connectivity index is 2.20. The van der Waals surface area contributed by atoms with Gasteiger partial charge < -0.3 is 5.32 Å². The van der Waals surface area contributed by atoms with Gasteiger partial charge in [-0.05, 0) is 62.5 Å². The van der Waals surface area contributed by atoms with Gasteiger partial charge in [-0.1, -0.05) is 41.7 Å². The van der Waals surface area contributed by atoms with Crippen molar-refractivity contribution < 1.29 is 14.0 Å². The average molecular weight is 441 g/mol. The second-order valence-electron chi connectivity index (χ2n) is 7.96. The molecule has 0 aliphatic heterocycles. The lowest BCUT2D eigenvalue weighted by atomic mass is 9.97. The van der Waals surface area contributed by atoms with Crippen LogP contribution < -0.4 is 10.2 Å². The van der Waals surface area contributed by atoms with Crippen molar-refractivity contribution in [3.63, 3.8) is 0 Å². The number of rotatable bonds is 7. The number of carbonyl (C=O) groups is 2. The normalized spacial score (nSPS) is 12.3. The zero-order valence-corrected chi connectivity index (χ0v) is 18.7. The lowest BCUT2D eigenvalue weighted by Crippen LogP contribution is -2.50. The summed E-state index contributed by atoms with van der Waals surface area (Å²) in [6, 6.07) is 11.9. The van der Waals surface area contributed by atoms with E-state index in [1.807, 2.05) is 33.8 Å². The second-order valence-corrected chi connectivity index (χ2v) is 8.56. The summed E-state index contributed by atoms with van der Waals surface area (Å²) in [4.78, 5) is 28.3. The number of anilines is 1. The van der Waals surface area contributed by atoms with Crippen molar-refractivity contribution in [2.45, 2.75) is 45.7 Å². The maximum atomic E-state index is 14.9. The van der Waals surface area contributed by atoms with Crippen LogP contribution >= 0.6 is 11.5 Å². The van der Waals surface area contributed by atoms with Gasteiger partial charge in [0, 0.05) is 22.2 Å². The van der Waals surface area contributed by atoms with E-state index in [0.29, 0.717) is 12.1 Å². The fraction of sp³-hybridized carbons (Fsp3) is 0.304. The van der Waals surface area contributed by atoms with Gasteiger partial charge in [0.15, 0.2) is 5.69 Å². The average Bonchev–Trinajstić information content (AvgIpc) is 3.27. The van der Waals surface area contributed by atoms with E-state index in [9.17, 15) is 14.0 Å². The Morgan fingerprint density at radius 1 is 1.19 bits per heavy atom. The molecule has 31 heavy (non-hydrogen) atoms. The molecule has 0 spiro atoms. The predicted molar refractivity (Wildman–Crippen MR) is 120 cm³/mol. The Hall–Kier alpha value is -3.13. The summed E-state index contributed by atoms with van der Waals surface area (Å²) in [5.41, 5.74) is 1.02. The molecule has 0 aliphatic carbocycles. The molecule has 2 amide bonds. The largest absolute Gasteiger partial charge is 0.349 e. The number of aromatic nitrogens is 2. The number of benzene rings is 2. The fourth-order valence-electron chi connectivity index (χ4n) is 3.13. The summed E-state index contributed by atoms with van der Waals surface area (Å²) in [5.74, 6) is -1.58. The van der Waals surface area contributed by atoms with Crippen LogP contribution in [0.3, 0.4) is 0 Å². The monoisotopic (exact) mass is 440 g/mol. The minimum Gasteiger partial charge on any atom is -0.349 e. The highest BCUT2D eigenvalue weighted by Crippen LogP contribution is 2.32. The van der Waals surface area contributed by atoms with Gasteiger partial charge in [-0.2, -0.15) is 0 Å². The van der Waals surface area contributed by atoms with Gasteiger partial charge in [0.2, 0.25) is 5.91 Å². The first-order valence-electron chi connectivity index (χ1n) is 9.97. The minimum atomic E-state index is -1.23. The van der Waals surface area contributed by atoms with E-state index in [2.05, 4.69) is 14.9 Å². The van der Waals surface area contributed by atoms with Crippen LogP contribution in [-0.4, -0.2) is 26.9 Å². The molecular weight excluding hydrogens is 415 g/mol. The van der Waals surface area contributed by atoms with Crippen LogP contribution in [0.2, 0.25) is 0 Å². The number of hydrogen-bond acceptors (Lipinski definition) is 5. The predicted octanol–water partition coefficient (Wildman–Crippen LogP) is 4.68. The Labute approximate surface area is 185 Å². The summed E-state index contributed by atoms with van der Waals surface area (Å²) >= 11 is 1.03. The maximum Gasteiger partial charge on any atom is 0.280 e. The van der Waals surface area contributed by atoms with E-state index in [1.54, 1.807) is 30.3 Å². The molecule has 3 aromatic rings. The topological polar surface area (TPSA) is 75.2 Å². The number of amides is 2. The van der Waals surface area contributed by atoms with Gasteiger partial charge in [-0.15, -0.1) is 5.10 Å². The minimum absolute atomic E-state index is 0.0930. The Kier molecular flexibility index (Phi) is 6.80. The highest BCUT2D eigenvalue weighted by Gasteiger charge is 2.37. The van der Waals surface area contributed by atoms with Gasteiger partial charge in [-0.25, -0.2) is 4.39 Å². The van der Waals surface area contributed by atoms with Gasteiger partial charge in [-0.3, -0.25) is 14.5 Å². The number of nitrogens with one attached hydrogen (secondary N) is 1. The van der Waals surface area contributed by atoms with Crippen molar-refractivity contribution in [1.82, 2.24) is 14.9 Å². The molecule has 6 nitrogen and oxygen atoms in total. The summed E-state index contributed by atoms with van der Waals surface area (Å²) in [7, 11) is 0. The molecule has 0 radical (unpaired) electrons. The van der Waals surface area contributed by atoms with Crippen LogP contribution in [0, 0.1) is 12.7 Å². The summed E-state index contributed by atoms with van der Waals surface area (Å²) < 4.78 is 18.7. The first-order chi connectivity index (χ1) is 14.7. The van der Waals surface area contributed by atoms with Gasteiger partial charge in [0.1, 0.15) is 11.9 Å². The zero-order chi connectivity index (χ0) is 22.6. The van der Waals surface area contributed by atoms with Crippen molar-refractivity contribution in [2.24, 2.45) is 0 Å². The van der Waals surface area contributed by atoms with Crippen LogP contribution in [-0.2, 0) is 4.79 Å². The Morgan fingerprint density at radius 3 is 2.55 bits per heavy atom. The number of aryl methyl sites for hydroxylation is 1. The first kappa shape index (κ1) is 22.6. The molecule has 1 heterocycles. The molecular formula is C23H25FN4O2S. The van der Waals surface area contributed by atoms with Gasteiger partial charge in [0.05, 0.1) is 0 Å². The number of halogens is 1. The van der Waals surface area contributed by atoms with Crippen molar-refractivity contribution >= 4 is 29.0 Å². The van der Waals surface area contributed by atoms with Crippen LogP contribution in [0.4, 0.5) is 10.1 Å². The van der Waals surface area contributed by atoms with Gasteiger partial charge >= 0.3 is 0 Å². The number of carbonyl (C=O) groups excluding carboxylic acids is 2. The van der Waals surface area contributed by atoms with E-state index in [-0.39, 0.29) is 11.3 Å². The van der Waals surface area contributed by atoms with Crippen molar-refractivity contribution in [1.29, 1.82) is 0 Å². The Bertz CT molecular complexity index is 1070. The van der Waals surface area contributed by atoms with E-state index >= 15 is 0 Å². The fourth-order valence-corrected chi connectivity index (χ4v) is 3.56. The molecule has 0 unspecified atom stereocenters. The first-order valence-corrected chi connectivity index (χ1v) is 10.8. The van der Waals surface area contributed by atoms with Crippen LogP contribution in [0.25, 0.3) is 0 Å². The third kappa shape index (κ3) is 5.14. The highest BCUT2D eigenvalue weighted by atomic mass is 32.1. The second kappa shape index (κ2) is 9.34. The molecule has 0 saturated heterocycles. The Morgan fingerprint density at radius 2 is 1.94 bits per heavy atom. The molecule has 162 valence electrons. The van der Waals surface area contributed by atoms with Crippen LogP contribution in [0.15, 0.2) is 53.9 Å². The molecule has 0 bridgehead atoms. The van der Waals surface area contributed by atoms with E-state index in [4.69, 9.17) is 0 Å². The number of nitrogens with zero attached hydrogens (tertiary/aromatic N) is 3. The molecule has 3 rings (SSSR count). The number of hydrogen-bond donors (Lipinski definition) is 1. The van der Waals surface area contributed by atoms with E-state index < -0.39 is 29.2 Å².